The monoisotopic (exact) mass is 318 g/mol. The predicted octanol–water partition coefficient (Wildman–Crippen LogP) is 3.16. The molecule has 4 heteroatoms. The van der Waals surface area contributed by atoms with E-state index in [0.29, 0.717) is 13.1 Å². The van der Waals surface area contributed by atoms with Gasteiger partial charge in [0, 0.05) is 22.8 Å². The highest BCUT2D eigenvalue weighted by molar-refractivity contribution is 9.10. The Morgan fingerprint density at radius 1 is 1.26 bits per heavy atom. The first-order valence-corrected chi connectivity index (χ1v) is 6.81. The maximum absolute atomic E-state index is 12.1. The maximum atomic E-state index is 12.1. The topological polar surface area (TPSA) is 33.2 Å². The zero-order valence-electron chi connectivity index (χ0n) is 10.7. The number of nitrogens with zero attached hydrogens (tertiary/aromatic N) is 2. The molecule has 0 fully saturated rings. The number of carbonyl (C=O) groups is 1. The molecule has 0 aliphatic rings. The van der Waals surface area contributed by atoms with Crippen LogP contribution in [0.3, 0.4) is 0 Å². The normalized spacial score (nSPS) is 10.7. The van der Waals surface area contributed by atoms with Gasteiger partial charge in [-0.15, -0.1) is 0 Å². The summed E-state index contributed by atoms with van der Waals surface area (Å²) in [5.74, 6) is 0.111. The second-order valence-corrected chi connectivity index (χ2v) is 5.34. The van der Waals surface area contributed by atoms with Crippen molar-refractivity contribution in [1.82, 2.24) is 9.88 Å². The Hall–Kier alpha value is -1.52. The second-order valence-electron chi connectivity index (χ2n) is 4.43. The van der Waals surface area contributed by atoms with Gasteiger partial charge in [-0.2, -0.15) is 0 Å². The number of rotatable bonds is 5. The summed E-state index contributed by atoms with van der Waals surface area (Å²) in [4.78, 5) is 18.3. The number of hydrogen-bond donors (Lipinski definition) is 0. The molecule has 3 nitrogen and oxygen atoms in total. The Balaban J connectivity index is 1.95. The van der Waals surface area contributed by atoms with Gasteiger partial charge < -0.3 is 0 Å². The third-order valence-corrected chi connectivity index (χ3v) is 3.21. The van der Waals surface area contributed by atoms with Crippen LogP contribution in [0.1, 0.15) is 16.1 Å². The lowest BCUT2D eigenvalue weighted by Gasteiger charge is -2.15. The largest absolute Gasteiger partial charge is 0.293 e. The fourth-order valence-corrected chi connectivity index (χ4v) is 2.22. The quantitative estimate of drug-likeness (QED) is 0.794. The van der Waals surface area contributed by atoms with Crippen LogP contribution in [0.5, 0.6) is 0 Å². The van der Waals surface area contributed by atoms with E-state index < -0.39 is 0 Å². The average molecular weight is 319 g/mol. The second kappa shape index (κ2) is 6.59. The van der Waals surface area contributed by atoms with Crippen LogP contribution >= 0.6 is 15.9 Å². The number of pyridine rings is 1. The SMILES string of the molecule is CN(CC(=O)c1cccc(Br)c1)Cc1ccccn1. The smallest absolute Gasteiger partial charge is 0.176 e. The van der Waals surface area contributed by atoms with E-state index in [-0.39, 0.29) is 5.78 Å². The van der Waals surface area contributed by atoms with Crippen molar-refractivity contribution < 1.29 is 4.79 Å². The van der Waals surface area contributed by atoms with Crippen LogP contribution in [0, 0.1) is 0 Å². The third kappa shape index (κ3) is 4.26. The van der Waals surface area contributed by atoms with Gasteiger partial charge in [0.25, 0.3) is 0 Å². The van der Waals surface area contributed by atoms with E-state index in [1.807, 2.05) is 54.4 Å². The summed E-state index contributed by atoms with van der Waals surface area (Å²) in [6.07, 6.45) is 1.76. The molecule has 19 heavy (non-hydrogen) atoms. The van der Waals surface area contributed by atoms with Crippen molar-refractivity contribution in [3.63, 3.8) is 0 Å². The van der Waals surface area contributed by atoms with Gasteiger partial charge in [0.15, 0.2) is 5.78 Å². The number of halogens is 1. The summed E-state index contributed by atoms with van der Waals surface area (Å²) in [6.45, 7) is 1.05. The molecule has 0 aliphatic heterocycles. The molecule has 1 aromatic heterocycles. The van der Waals surface area contributed by atoms with Crippen LogP contribution in [0.2, 0.25) is 0 Å². The van der Waals surface area contributed by atoms with E-state index in [4.69, 9.17) is 0 Å². The van der Waals surface area contributed by atoms with Gasteiger partial charge in [0.2, 0.25) is 0 Å². The van der Waals surface area contributed by atoms with Crippen LogP contribution < -0.4 is 0 Å². The van der Waals surface area contributed by atoms with E-state index >= 15 is 0 Å². The minimum absolute atomic E-state index is 0.111. The summed E-state index contributed by atoms with van der Waals surface area (Å²) in [7, 11) is 1.92. The highest BCUT2D eigenvalue weighted by Gasteiger charge is 2.10. The number of aromatic nitrogens is 1. The van der Waals surface area contributed by atoms with Gasteiger partial charge >= 0.3 is 0 Å². The molecule has 0 aliphatic carbocycles. The van der Waals surface area contributed by atoms with Crippen molar-refractivity contribution in [2.24, 2.45) is 0 Å². The van der Waals surface area contributed by atoms with E-state index in [1.54, 1.807) is 6.20 Å². The standard InChI is InChI=1S/C15H15BrN2O/c1-18(10-14-7-2-3-8-17-14)11-15(19)12-5-4-6-13(16)9-12/h2-9H,10-11H2,1H3. The van der Waals surface area contributed by atoms with Gasteiger partial charge in [-0.05, 0) is 31.3 Å². The summed E-state index contributed by atoms with van der Waals surface area (Å²) in [5.41, 5.74) is 1.69. The van der Waals surface area contributed by atoms with Gasteiger partial charge in [-0.25, -0.2) is 0 Å². The van der Waals surface area contributed by atoms with Crippen molar-refractivity contribution in [3.05, 3.63) is 64.4 Å². The maximum Gasteiger partial charge on any atom is 0.176 e. The fraction of sp³-hybridized carbons (Fsp3) is 0.200. The molecule has 2 rings (SSSR count). The van der Waals surface area contributed by atoms with Crippen LogP contribution in [0.15, 0.2) is 53.1 Å². The molecular weight excluding hydrogens is 304 g/mol. The third-order valence-electron chi connectivity index (χ3n) is 2.72. The first-order valence-electron chi connectivity index (χ1n) is 6.02. The Morgan fingerprint density at radius 2 is 2.11 bits per heavy atom. The first-order chi connectivity index (χ1) is 9.15. The van der Waals surface area contributed by atoms with Crippen LogP contribution in [-0.4, -0.2) is 29.3 Å². The molecule has 0 radical (unpaired) electrons. The molecular formula is C15H15BrN2O. The zero-order chi connectivity index (χ0) is 13.7. The van der Waals surface area contributed by atoms with Gasteiger partial charge in [-0.3, -0.25) is 14.7 Å². The fourth-order valence-electron chi connectivity index (χ4n) is 1.82. The number of likely N-dealkylation sites (N-methyl/N-ethyl adjacent to an activating group) is 1. The number of ketones is 1. The molecule has 0 atom stereocenters. The summed E-state index contributed by atoms with van der Waals surface area (Å²) in [5, 5.41) is 0. The Bertz CT molecular complexity index is 557. The lowest BCUT2D eigenvalue weighted by Crippen LogP contribution is -2.26. The van der Waals surface area contributed by atoms with Gasteiger partial charge in [-0.1, -0.05) is 34.1 Å². The predicted molar refractivity (Wildman–Crippen MR) is 79.0 cm³/mol. The Labute approximate surface area is 121 Å². The molecule has 0 unspecified atom stereocenters. The van der Waals surface area contributed by atoms with Crippen molar-refractivity contribution in [2.75, 3.05) is 13.6 Å². The zero-order valence-corrected chi connectivity index (χ0v) is 12.3. The number of benzene rings is 1. The number of carbonyl (C=O) groups excluding carboxylic acids is 1. The summed E-state index contributed by atoms with van der Waals surface area (Å²) in [6, 6.07) is 13.3. The number of hydrogen-bond acceptors (Lipinski definition) is 3. The van der Waals surface area contributed by atoms with Crippen LogP contribution in [0.25, 0.3) is 0 Å². The molecule has 0 bridgehead atoms. The molecule has 1 heterocycles. The van der Waals surface area contributed by atoms with Gasteiger partial charge in [0.1, 0.15) is 0 Å². The molecule has 0 saturated carbocycles. The van der Waals surface area contributed by atoms with E-state index in [0.717, 1.165) is 15.7 Å². The van der Waals surface area contributed by atoms with E-state index in [9.17, 15) is 4.79 Å². The highest BCUT2D eigenvalue weighted by Crippen LogP contribution is 2.12. The van der Waals surface area contributed by atoms with Crippen molar-refractivity contribution >= 4 is 21.7 Å². The van der Waals surface area contributed by atoms with Crippen LogP contribution in [-0.2, 0) is 6.54 Å². The molecule has 0 N–H and O–H groups in total. The Kier molecular flexibility index (Phi) is 4.82. The highest BCUT2D eigenvalue weighted by atomic mass is 79.9. The first kappa shape index (κ1) is 13.9. The molecule has 0 spiro atoms. The average Bonchev–Trinajstić information content (AvgIpc) is 2.39. The van der Waals surface area contributed by atoms with Crippen molar-refractivity contribution in [3.8, 4) is 0 Å². The molecule has 0 saturated heterocycles. The van der Waals surface area contributed by atoms with Crippen LogP contribution in [0.4, 0.5) is 0 Å². The van der Waals surface area contributed by atoms with Gasteiger partial charge in [0.05, 0.1) is 12.2 Å². The lowest BCUT2D eigenvalue weighted by atomic mass is 10.1. The van der Waals surface area contributed by atoms with Crippen molar-refractivity contribution in [2.45, 2.75) is 6.54 Å². The lowest BCUT2D eigenvalue weighted by molar-refractivity contribution is 0.0942. The Morgan fingerprint density at radius 3 is 2.79 bits per heavy atom. The summed E-state index contributed by atoms with van der Waals surface area (Å²) < 4.78 is 0.922. The summed E-state index contributed by atoms with van der Waals surface area (Å²) >= 11 is 3.37. The van der Waals surface area contributed by atoms with E-state index in [2.05, 4.69) is 20.9 Å². The molecule has 0 amide bonds. The number of Topliss-reactive ketones (excluding diaryl/α,β-unsaturated/α-hetero) is 1. The molecule has 98 valence electrons. The minimum atomic E-state index is 0.111. The minimum Gasteiger partial charge on any atom is -0.293 e. The van der Waals surface area contributed by atoms with Crippen molar-refractivity contribution in [1.29, 1.82) is 0 Å². The molecule has 1 aromatic carbocycles. The van der Waals surface area contributed by atoms with E-state index in [1.165, 1.54) is 0 Å². The molecule has 2 aromatic rings.